The summed E-state index contributed by atoms with van der Waals surface area (Å²) in [6, 6.07) is 3.36. The lowest BCUT2D eigenvalue weighted by molar-refractivity contribution is 0.365. The third kappa shape index (κ3) is 1.93. The molecule has 0 amide bonds. The molecule has 4 heterocycles. The molecule has 2 aromatic rings. The zero-order valence-corrected chi connectivity index (χ0v) is 12.7. The van der Waals surface area contributed by atoms with E-state index in [1.54, 1.807) is 42.1 Å². The number of nitrogens with one attached hydrogen (secondary N) is 1. The number of fused-ring (bicyclic) bond motifs is 2. The van der Waals surface area contributed by atoms with Crippen LogP contribution in [0.1, 0.15) is 5.69 Å². The molecule has 9 heteroatoms. The maximum atomic E-state index is 10.0. The van der Waals surface area contributed by atoms with Crippen molar-refractivity contribution in [1.82, 2.24) is 19.9 Å². The molecule has 0 aromatic carbocycles. The highest BCUT2D eigenvalue weighted by Crippen LogP contribution is 2.33. The van der Waals surface area contributed by atoms with Crippen molar-refractivity contribution in [3.05, 3.63) is 30.2 Å². The molecule has 1 unspecified atom stereocenters. The van der Waals surface area contributed by atoms with Gasteiger partial charge in [0.05, 0.1) is 32.3 Å². The fraction of sp³-hybridized carbons (Fsp3) is 0.231. The van der Waals surface area contributed by atoms with E-state index in [0.717, 1.165) is 5.70 Å². The summed E-state index contributed by atoms with van der Waals surface area (Å²) >= 11 is 1.48. The molecule has 1 atom stereocenters. The minimum Gasteiger partial charge on any atom is -0.506 e. The number of ether oxygens (including phenoxy) is 2. The lowest BCUT2D eigenvalue weighted by atomic mass is 10.3. The molecular formula is C13H13N5O3S. The van der Waals surface area contributed by atoms with Crippen LogP contribution < -0.4 is 10.1 Å². The highest BCUT2D eigenvalue weighted by molar-refractivity contribution is 8.14. The van der Waals surface area contributed by atoms with E-state index in [4.69, 9.17) is 9.47 Å². The highest BCUT2D eigenvalue weighted by atomic mass is 32.2. The van der Waals surface area contributed by atoms with Gasteiger partial charge in [0.2, 0.25) is 0 Å². The van der Waals surface area contributed by atoms with E-state index >= 15 is 0 Å². The van der Waals surface area contributed by atoms with Crippen LogP contribution in [-0.2, 0) is 4.74 Å². The molecule has 2 N–H and O–H groups in total. The summed E-state index contributed by atoms with van der Waals surface area (Å²) in [5, 5.41) is 24.5. The fourth-order valence-electron chi connectivity index (χ4n) is 2.34. The second kappa shape index (κ2) is 4.73. The van der Waals surface area contributed by atoms with Crippen molar-refractivity contribution >= 4 is 28.2 Å². The molecule has 8 nitrogen and oxygen atoms in total. The van der Waals surface area contributed by atoms with Crippen molar-refractivity contribution in [2.75, 3.05) is 14.2 Å². The van der Waals surface area contributed by atoms with E-state index in [2.05, 4.69) is 15.5 Å². The van der Waals surface area contributed by atoms with Crippen LogP contribution in [0.15, 0.2) is 29.6 Å². The number of nitrogens with zero attached hydrogens (tertiary/aromatic N) is 4. The molecule has 4 rings (SSSR count). The third-order valence-corrected chi connectivity index (χ3v) is 4.41. The minimum atomic E-state index is -0.0297. The van der Waals surface area contributed by atoms with E-state index in [1.165, 1.54) is 11.8 Å². The molecule has 0 fully saturated rings. The monoisotopic (exact) mass is 319 g/mol. The Bertz CT molecular complexity index is 815. The first kappa shape index (κ1) is 13.1. The quantitative estimate of drug-likeness (QED) is 0.860. The largest absolute Gasteiger partial charge is 0.506 e. The number of hydrogen-bond donors (Lipinski definition) is 2. The molecule has 0 bridgehead atoms. The van der Waals surface area contributed by atoms with Gasteiger partial charge in [0.1, 0.15) is 22.7 Å². The van der Waals surface area contributed by atoms with Gasteiger partial charge >= 0.3 is 0 Å². The number of methoxy groups -OCH3 is 2. The van der Waals surface area contributed by atoms with Crippen LogP contribution in [0, 0.1) is 0 Å². The Balaban J connectivity index is 1.71. The van der Waals surface area contributed by atoms with Gasteiger partial charge in [-0.25, -0.2) is 9.52 Å². The summed E-state index contributed by atoms with van der Waals surface area (Å²) < 4.78 is 11.8. The molecule has 0 saturated carbocycles. The SMILES string of the molecule is COC1=NN2C=C(c3cc4c(O)cc(OC)cn4n3)NC2S1. The van der Waals surface area contributed by atoms with Crippen molar-refractivity contribution in [3.63, 3.8) is 0 Å². The second-order valence-corrected chi connectivity index (χ2v) is 5.76. The van der Waals surface area contributed by atoms with E-state index < -0.39 is 0 Å². The number of aromatic hydroxyl groups is 1. The Morgan fingerprint density at radius 1 is 1.32 bits per heavy atom. The number of rotatable bonds is 2. The molecule has 114 valence electrons. The van der Waals surface area contributed by atoms with Gasteiger partial charge in [-0.3, -0.25) is 0 Å². The minimum absolute atomic E-state index is 0.0297. The van der Waals surface area contributed by atoms with Crippen LogP contribution in [-0.4, -0.2) is 44.7 Å². The molecule has 0 aliphatic carbocycles. The van der Waals surface area contributed by atoms with Crippen LogP contribution in [0.4, 0.5) is 0 Å². The zero-order valence-electron chi connectivity index (χ0n) is 11.8. The number of aromatic nitrogens is 2. The molecular weight excluding hydrogens is 306 g/mol. The Morgan fingerprint density at radius 3 is 2.91 bits per heavy atom. The summed E-state index contributed by atoms with van der Waals surface area (Å²) in [6.07, 6.45) is 3.57. The van der Waals surface area contributed by atoms with E-state index in [1.807, 2.05) is 6.20 Å². The van der Waals surface area contributed by atoms with Gasteiger partial charge in [-0.2, -0.15) is 5.10 Å². The van der Waals surface area contributed by atoms with E-state index in [-0.39, 0.29) is 11.2 Å². The molecule has 0 radical (unpaired) electrons. The van der Waals surface area contributed by atoms with Crippen LogP contribution in [0.3, 0.4) is 0 Å². The standard InChI is InChI=1S/C13H13N5O3S/c1-20-7-3-11(19)10-4-8(15-17(10)5-7)9-6-18-12(14-9)22-13(16-18)21-2/h3-6,12,14,19H,1-2H3. The number of thioether (sulfide) groups is 1. The zero-order chi connectivity index (χ0) is 15.3. The molecule has 0 saturated heterocycles. The van der Waals surface area contributed by atoms with Crippen molar-refractivity contribution in [2.24, 2.45) is 5.10 Å². The molecule has 2 aliphatic heterocycles. The topological polar surface area (TPSA) is 83.6 Å². The lowest BCUT2D eigenvalue weighted by Gasteiger charge is -2.10. The average Bonchev–Trinajstić information content (AvgIpc) is 3.18. The highest BCUT2D eigenvalue weighted by Gasteiger charge is 2.33. The van der Waals surface area contributed by atoms with Gasteiger partial charge in [0.15, 0.2) is 5.50 Å². The summed E-state index contributed by atoms with van der Waals surface area (Å²) in [4.78, 5) is 0. The first-order valence-corrected chi connectivity index (χ1v) is 7.38. The summed E-state index contributed by atoms with van der Waals surface area (Å²) in [7, 11) is 3.14. The molecule has 22 heavy (non-hydrogen) atoms. The predicted molar refractivity (Wildman–Crippen MR) is 82.2 cm³/mol. The van der Waals surface area contributed by atoms with Gasteiger partial charge in [0, 0.05) is 6.07 Å². The van der Waals surface area contributed by atoms with Crippen LogP contribution >= 0.6 is 11.8 Å². The van der Waals surface area contributed by atoms with Crippen LogP contribution in [0.25, 0.3) is 11.2 Å². The Hall–Kier alpha value is -2.55. The maximum Gasteiger partial charge on any atom is 0.271 e. The molecule has 2 aliphatic rings. The van der Waals surface area contributed by atoms with Crippen LogP contribution in [0.2, 0.25) is 0 Å². The summed E-state index contributed by atoms with van der Waals surface area (Å²) in [5.41, 5.74) is 2.13. The summed E-state index contributed by atoms with van der Waals surface area (Å²) in [5.74, 6) is 0.657. The average molecular weight is 319 g/mol. The fourth-order valence-corrected chi connectivity index (χ4v) is 3.17. The van der Waals surface area contributed by atoms with Gasteiger partial charge < -0.3 is 19.9 Å². The number of hydrazone groups is 1. The lowest BCUT2D eigenvalue weighted by Crippen LogP contribution is -2.26. The molecule has 2 aromatic heterocycles. The number of hydrogen-bond acceptors (Lipinski definition) is 8. The Kier molecular flexibility index (Phi) is 2.83. The van der Waals surface area contributed by atoms with Gasteiger partial charge in [-0.15, -0.1) is 5.10 Å². The Morgan fingerprint density at radius 2 is 2.18 bits per heavy atom. The third-order valence-electron chi connectivity index (χ3n) is 3.40. The van der Waals surface area contributed by atoms with E-state index in [9.17, 15) is 5.11 Å². The van der Waals surface area contributed by atoms with Gasteiger partial charge in [-0.05, 0) is 17.8 Å². The maximum absolute atomic E-state index is 10.0. The summed E-state index contributed by atoms with van der Waals surface area (Å²) in [6.45, 7) is 0. The molecule has 0 spiro atoms. The first-order valence-electron chi connectivity index (χ1n) is 6.50. The second-order valence-electron chi connectivity index (χ2n) is 4.73. The Labute approximate surface area is 130 Å². The van der Waals surface area contributed by atoms with Gasteiger partial charge in [-0.1, -0.05) is 0 Å². The van der Waals surface area contributed by atoms with E-state index in [0.29, 0.717) is 22.2 Å². The van der Waals surface area contributed by atoms with Crippen LogP contribution in [0.5, 0.6) is 11.5 Å². The first-order chi connectivity index (χ1) is 10.7. The van der Waals surface area contributed by atoms with Crippen molar-refractivity contribution in [3.8, 4) is 11.5 Å². The smallest absolute Gasteiger partial charge is 0.271 e. The van der Waals surface area contributed by atoms with Crippen molar-refractivity contribution in [1.29, 1.82) is 0 Å². The van der Waals surface area contributed by atoms with Crippen molar-refractivity contribution in [2.45, 2.75) is 5.50 Å². The predicted octanol–water partition coefficient (Wildman–Crippen LogP) is 1.20. The van der Waals surface area contributed by atoms with Crippen molar-refractivity contribution < 1.29 is 14.6 Å². The number of pyridine rings is 1. The normalized spacial score (nSPS) is 19.7. The van der Waals surface area contributed by atoms with Gasteiger partial charge in [0.25, 0.3) is 5.23 Å².